The van der Waals surface area contributed by atoms with Gasteiger partial charge in [-0.2, -0.15) is 0 Å². The van der Waals surface area contributed by atoms with E-state index >= 15 is 0 Å². The highest BCUT2D eigenvalue weighted by molar-refractivity contribution is 6.31. The van der Waals surface area contributed by atoms with E-state index in [9.17, 15) is 9.59 Å². The average Bonchev–Trinajstić information content (AvgIpc) is 3.31. The van der Waals surface area contributed by atoms with E-state index in [4.69, 9.17) is 16.3 Å². The molecule has 2 atom stereocenters. The molecular formula is C18H24ClN3O3. The lowest BCUT2D eigenvalue weighted by atomic mass is 10.1. The fourth-order valence-corrected chi connectivity index (χ4v) is 3.83. The van der Waals surface area contributed by atoms with E-state index in [0.717, 1.165) is 25.9 Å². The SMILES string of the molecule is COc1ccc(Cl)cc1C(=O)N1CCCC1C(=O)N(C)C1CCNC1. The molecule has 0 aliphatic carbocycles. The van der Waals surface area contributed by atoms with Gasteiger partial charge in [0, 0.05) is 31.2 Å². The number of methoxy groups -OCH3 is 1. The molecule has 7 heteroatoms. The van der Waals surface area contributed by atoms with Crippen molar-refractivity contribution in [3.8, 4) is 5.75 Å². The van der Waals surface area contributed by atoms with E-state index in [2.05, 4.69) is 5.32 Å². The predicted octanol–water partition coefficient (Wildman–Crippen LogP) is 1.77. The van der Waals surface area contributed by atoms with Crippen molar-refractivity contribution in [3.05, 3.63) is 28.8 Å². The normalized spacial score (nSPS) is 22.9. The number of halogens is 1. The third kappa shape index (κ3) is 3.60. The summed E-state index contributed by atoms with van der Waals surface area (Å²) in [5, 5.41) is 3.75. The summed E-state index contributed by atoms with van der Waals surface area (Å²) < 4.78 is 5.30. The van der Waals surface area contributed by atoms with Crippen molar-refractivity contribution in [2.24, 2.45) is 0 Å². The summed E-state index contributed by atoms with van der Waals surface area (Å²) in [6.45, 7) is 2.31. The number of hydrogen-bond acceptors (Lipinski definition) is 4. The molecule has 1 N–H and O–H groups in total. The average molecular weight is 366 g/mol. The first-order valence-corrected chi connectivity index (χ1v) is 9.02. The Morgan fingerprint density at radius 3 is 2.84 bits per heavy atom. The quantitative estimate of drug-likeness (QED) is 0.883. The molecule has 3 rings (SSSR count). The molecule has 136 valence electrons. The van der Waals surface area contributed by atoms with Gasteiger partial charge in [-0.3, -0.25) is 9.59 Å². The molecule has 2 aliphatic rings. The van der Waals surface area contributed by atoms with Crippen LogP contribution in [0.25, 0.3) is 0 Å². The molecule has 0 aromatic heterocycles. The van der Waals surface area contributed by atoms with Crippen molar-refractivity contribution in [1.29, 1.82) is 0 Å². The second-order valence-electron chi connectivity index (χ2n) is 6.60. The highest BCUT2D eigenvalue weighted by Crippen LogP contribution is 2.28. The second kappa shape index (κ2) is 7.62. The minimum atomic E-state index is -0.415. The van der Waals surface area contributed by atoms with Crippen molar-refractivity contribution in [2.75, 3.05) is 33.8 Å². The lowest BCUT2D eigenvalue weighted by Crippen LogP contribution is -2.50. The molecule has 6 nitrogen and oxygen atoms in total. The molecule has 0 saturated carbocycles. The van der Waals surface area contributed by atoms with E-state index in [0.29, 0.717) is 29.3 Å². The van der Waals surface area contributed by atoms with Gasteiger partial charge in [0.15, 0.2) is 0 Å². The maximum atomic E-state index is 13.0. The summed E-state index contributed by atoms with van der Waals surface area (Å²) in [5.41, 5.74) is 0.403. The van der Waals surface area contributed by atoms with Crippen LogP contribution in [0.1, 0.15) is 29.6 Å². The van der Waals surface area contributed by atoms with Crippen LogP contribution in [0.15, 0.2) is 18.2 Å². The Morgan fingerprint density at radius 1 is 1.36 bits per heavy atom. The van der Waals surface area contributed by atoms with Gasteiger partial charge in [-0.05, 0) is 44.0 Å². The van der Waals surface area contributed by atoms with Crippen LogP contribution >= 0.6 is 11.6 Å². The summed E-state index contributed by atoms with van der Waals surface area (Å²) in [6.07, 6.45) is 2.46. The molecule has 2 heterocycles. The molecule has 1 aromatic rings. The number of hydrogen-bond donors (Lipinski definition) is 1. The maximum absolute atomic E-state index is 13.0. The van der Waals surface area contributed by atoms with Crippen LogP contribution in [0.5, 0.6) is 5.75 Å². The Balaban J connectivity index is 1.80. The highest BCUT2D eigenvalue weighted by Gasteiger charge is 2.38. The number of rotatable bonds is 4. The Morgan fingerprint density at radius 2 is 2.16 bits per heavy atom. The fraction of sp³-hybridized carbons (Fsp3) is 0.556. The topological polar surface area (TPSA) is 61.9 Å². The van der Waals surface area contributed by atoms with Crippen molar-refractivity contribution in [1.82, 2.24) is 15.1 Å². The van der Waals surface area contributed by atoms with Gasteiger partial charge in [-0.15, -0.1) is 0 Å². The standard InChI is InChI=1S/C18H24ClN3O3/c1-21(13-7-8-20-11-13)18(24)15-4-3-9-22(15)17(23)14-10-12(19)5-6-16(14)25-2/h5-6,10,13,15,20H,3-4,7-9,11H2,1-2H3. The van der Waals surface area contributed by atoms with Gasteiger partial charge in [0.2, 0.25) is 5.91 Å². The Bertz CT molecular complexity index is 661. The summed E-state index contributed by atoms with van der Waals surface area (Å²) in [4.78, 5) is 29.4. The first kappa shape index (κ1) is 18.0. The van der Waals surface area contributed by atoms with Crippen LogP contribution in [0.2, 0.25) is 5.02 Å². The first-order chi connectivity index (χ1) is 12.0. The minimum Gasteiger partial charge on any atom is -0.496 e. The van der Waals surface area contributed by atoms with Crippen LogP contribution in [0, 0.1) is 0 Å². The largest absolute Gasteiger partial charge is 0.496 e. The van der Waals surface area contributed by atoms with Crippen molar-refractivity contribution >= 4 is 23.4 Å². The molecule has 25 heavy (non-hydrogen) atoms. The van der Waals surface area contributed by atoms with E-state index < -0.39 is 6.04 Å². The Labute approximate surface area is 153 Å². The van der Waals surface area contributed by atoms with Crippen LogP contribution in [-0.4, -0.2) is 67.5 Å². The lowest BCUT2D eigenvalue weighted by Gasteiger charge is -2.31. The molecule has 0 spiro atoms. The molecule has 0 bridgehead atoms. The van der Waals surface area contributed by atoms with Crippen molar-refractivity contribution in [3.63, 3.8) is 0 Å². The van der Waals surface area contributed by atoms with Crippen LogP contribution in [0.3, 0.4) is 0 Å². The maximum Gasteiger partial charge on any atom is 0.258 e. The van der Waals surface area contributed by atoms with Crippen LogP contribution in [-0.2, 0) is 4.79 Å². The second-order valence-corrected chi connectivity index (χ2v) is 7.03. The minimum absolute atomic E-state index is 0.0144. The number of amides is 2. The fourth-order valence-electron chi connectivity index (χ4n) is 3.65. The van der Waals surface area contributed by atoms with Gasteiger partial charge in [-0.25, -0.2) is 0 Å². The van der Waals surface area contributed by atoms with Gasteiger partial charge in [-0.1, -0.05) is 11.6 Å². The zero-order chi connectivity index (χ0) is 18.0. The molecule has 2 amide bonds. The molecule has 2 saturated heterocycles. The first-order valence-electron chi connectivity index (χ1n) is 8.65. The third-order valence-corrected chi connectivity index (χ3v) is 5.36. The molecule has 0 radical (unpaired) electrons. The lowest BCUT2D eigenvalue weighted by molar-refractivity contribution is -0.135. The predicted molar refractivity (Wildman–Crippen MR) is 96.1 cm³/mol. The Kier molecular flexibility index (Phi) is 5.49. The number of likely N-dealkylation sites (tertiary alicyclic amines) is 1. The molecular weight excluding hydrogens is 342 g/mol. The van der Waals surface area contributed by atoms with Gasteiger partial charge in [0.05, 0.1) is 12.7 Å². The van der Waals surface area contributed by atoms with Gasteiger partial charge in [0.1, 0.15) is 11.8 Å². The number of ether oxygens (including phenoxy) is 1. The zero-order valence-electron chi connectivity index (χ0n) is 14.6. The summed E-state index contributed by atoms with van der Waals surface area (Å²) in [7, 11) is 3.36. The third-order valence-electron chi connectivity index (χ3n) is 5.12. The van der Waals surface area contributed by atoms with Gasteiger partial charge in [0.25, 0.3) is 5.91 Å². The van der Waals surface area contributed by atoms with Crippen molar-refractivity contribution < 1.29 is 14.3 Å². The summed E-state index contributed by atoms with van der Waals surface area (Å²) in [6, 6.07) is 4.75. The number of nitrogens with one attached hydrogen (secondary N) is 1. The molecule has 2 unspecified atom stereocenters. The number of nitrogens with zero attached hydrogens (tertiary/aromatic N) is 2. The van der Waals surface area contributed by atoms with Crippen molar-refractivity contribution in [2.45, 2.75) is 31.3 Å². The Hall–Kier alpha value is -1.79. The number of carbonyl (C=O) groups is 2. The molecule has 1 aromatic carbocycles. The van der Waals surface area contributed by atoms with E-state index in [1.54, 1.807) is 28.0 Å². The smallest absolute Gasteiger partial charge is 0.258 e. The van der Waals surface area contributed by atoms with Crippen LogP contribution < -0.4 is 10.1 Å². The number of benzene rings is 1. The van der Waals surface area contributed by atoms with Gasteiger partial charge < -0.3 is 19.9 Å². The molecule has 2 fully saturated rings. The van der Waals surface area contributed by atoms with Crippen LogP contribution in [0.4, 0.5) is 0 Å². The van der Waals surface area contributed by atoms with E-state index in [-0.39, 0.29) is 17.9 Å². The number of carbonyl (C=O) groups excluding carboxylic acids is 2. The highest BCUT2D eigenvalue weighted by atomic mass is 35.5. The van der Waals surface area contributed by atoms with E-state index in [1.165, 1.54) is 7.11 Å². The zero-order valence-corrected chi connectivity index (χ0v) is 15.4. The summed E-state index contributed by atoms with van der Waals surface area (Å²) in [5.74, 6) is 0.287. The monoisotopic (exact) mass is 365 g/mol. The summed E-state index contributed by atoms with van der Waals surface area (Å²) >= 11 is 6.05. The van der Waals surface area contributed by atoms with E-state index in [1.807, 2.05) is 7.05 Å². The number of likely N-dealkylation sites (N-methyl/N-ethyl adjacent to an activating group) is 1. The van der Waals surface area contributed by atoms with Gasteiger partial charge >= 0.3 is 0 Å². The molecule has 2 aliphatic heterocycles.